The summed E-state index contributed by atoms with van der Waals surface area (Å²) in [7, 11) is 0. The van der Waals surface area contributed by atoms with Gasteiger partial charge in [0.25, 0.3) is 0 Å². The molecule has 0 saturated carbocycles. The molecule has 0 radical (unpaired) electrons. The standard InChI is InChI=1S/C10H21N/c1-5-8-9(4)10(6-2)11-7-3/h5,8-11H,6-7H2,1-4H3/t9?,10-/m1/s1. The van der Waals surface area contributed by atoms with Crippen molar-refractivity contribution >= 4 is 0 Å². The Labute approximate surface area is 70.9 Å². The molecular formula is C10H21N. The molecule has 0 aliphatic rings. The molecule has 0 aromatic carbocycles. The molecule has 2 atom stereocenters. The molecule has 11 heavy (non-hydrogen) atoms. The summed E-state index contributed by atoms with van der Waals surface area (Å²) in [5.74, 6) is 0.657. The molecule has 0 spiro atoms. The molecule has 0 heterocycles. The molecule has 0 aliphatic carbocycles. The van der Waals surface area contributed by atoms with Crippen molar-refractivity contribution in [3.8, 4) is 0 Å². The summed E-state index contributed by atoms with van der Waals surface area (Å²) >= 11 is 0. The van der Waals surface area contributed by atoms with E-state index in [9.17, 15) is 0 Å². The highest BCUT2D eigenvalue weighted by molar-refractivity contribution is 4.89. The monoisotopic (exact) mass is 155 g/mol. The number of allylic oxidation sites excluding steroid dienone is 1. The van der Waals surface area contributed by atoms with Gasteiger partial charge >= 0.3 is 0 Å². The summed E-state index contributed by atoms with van der Waals surface area (Å²) in [6.07, 6.45) is 5.60. The highest BCUT2D eigenvalue weighted by Gasteiger charge is 2.09. The lowest BCUT2D eigenvalue weighted by Crippen LogP contribution is -2.33. The van der Waals surface area contributed by atoms with Gasteiger partial charge in [0, 0.05) is 6.04 Å². The molecule has 0 aliphatic heterocycles. The van der Waals surface area contributed by atoms with Gasteiger partial charge in [0.05, 0.1) is 0 Å². The summed E-state index contributed by atoms with van der Waals surface area (Å²) in [4.78, 5) is 0. The van der Waals surface area contributed by atoms with E-state index in [4.69, 9.17) is 0 Å². The van der Waals surface area contributed by atoms with Gasteiger partial charge in [-0.2, -0.15) is 0 Å². The summed E-state index contributed by atoms with van der Waals surface area (Å²) < 4.78 is 0. The Morgan fingerprint density at radius 2 is 2.00 bits per heavy atom. The van der Waals surface area contributed by atoms with E-state index in [-0.39, 0.29) is 0 Å². The van der Waals surface area contributed by atoms with Gasteiger partial charge in [-0.1, -0.05) is 32.9 Å². The average Bonchev–Trinajstić information content (AvgIpc) is 2.00. The van der Waals surface area contributed by atoms with Gasteiger partial charge in [-0.25, -0.2) is 0 Å². The molecular weight excluding hydrogens is 134 g/mol. The van der Waals surface area contributed by atoms with Gasteiger partial charge in [0.15, 0.2) is 0 Å². The van der Waals surface area contributed by atoms with Crippen LogP contribution >= 0.6 is 0 Å². The minimum Gasteiger partial charge on any atom is -0.314 e. The van der Waals surface area contributed by atoms with Crippen LogP contribution in [-0.4, -0.2) is 12.6 Å². The smallest absolute Gasteiger partial charge is 0.0124 e. The van der Waals surface area contributed by atoms with Crippen LogP contribution in [0.2, 0.25) is 0 Å². The van der Waals surface area contributed by atoms with Crippen LogP contribution in [0.15, 0.2) is 12.2 Å². The van der Waals surface area contributed by atoms with Gasteiger partial charge in [-0.15, -0.1) is 0 Å². The Balaban J connectivity index is 3.80. The van der Waals surface area contributed by atoms with Crippen molar-refractivity contribution in [1.29, 1.82) is 0 Å². The van der Waals surface area contributed by atoms with E-state index in [1.165, 1.54) is 6.42 Å². The molecule has 0 bridgehead atoms. The number of hydrogen-bond donors (Lipinski definition) is 1. The molecule has 0 fully saturated rings. The van der Waals surface area contributed by atoms with Crippen molar-refractivity contribution in [2.24, 2.45) is 5.92 Å². The SMILES string of the molecule is CC=CC(C)[C@@H](CC)NCC. The molecule has 1 nitrogen and oxygen atoms in total. The lowest BCUT2D eigenvalue weighted by atomic mass is 9.99. The van der Waals surface area contributed by atoms with Gasteiger partial charge < -0.3 is 5.32 Å². The molecule has 0 amide bonds. The summed E-state index contributed by atoms with van der Waals surface area (Å²) in [5, 5.41) is 3.47. The number of hydrogen-bond acceptors (Lipinski definition) is 1. The number of rotatable bonds is 5. The van der Waals surface area contributed by atoms with E-state index in [1.54, 1.807) is 0 Å². The summed E-state index contributed by atoms with van der Waals surface area (Å²) in [6.45, 7) is 9.80. The highest BCUT2D eigenvalue weighted by atomic mass is 14.9. The molecule has 1 unspecified atom stereocenters. The summed E-state index contributed by atoms with van der Waals surface area (Å²) in [5.41, 5.74) is 0. The van der Waals surface area contributed by atoms with Crippen LogP contribution in [0, 0.1) is 5.92 Å². The summed E-state index contributed by atoms with van der Waals surface area (Å²) in [6, 6.07) is 0.649. The normalized spacial score (nSPS) is 17.1. The molecule has 1 N–H and O–H groups in total. The predicted octanol–water partition coefficient (Wildman–Crippen LogP) is 2.59. The highest BCUT2D eigenvalue weighted by Crippen LogP contribution is 2.07. The van der Waals surface area contributed by atoms with E-state index < -0.39 is 0 Å². The topological polar surface area (TPSA) is 12.0 Å². The Morgan fingerprint density at radius 3 is 2.36 bits per heavy atom. The maximum atomic E-state index is 3.47. The fourth-order valence-corrected chi connectivity index (χ4v) is 1.40. The van der Waals surface area contributed by atoms with Crippen LogP contribution in [-0.2, 0) is 0 Å². The first kappa shape index (κ1) is 10.7. The first-order chi connectivity index (χ1) is 5.26. The number of nitrogens with one attached hydrogen (secondary N) is 1. The van der Waals surface area contributed by atoms with Gasteiger partial charge in [0.2, 0.25) is 0 Å². The molecule has 0 aromatic heterocycles. The Hall–Kier alpha value is -0.300. The third-order valence-electron chi connectivity index (χ3n) is 2.04. The van der Waals surface area contributed by atoms with Crippen LogP contribution in [0.1, 0.15) is 34.1 Å². The minimum atomic E-state index is 0.649. The molecule has 0 aromatic rings. The minimum absolute atomic E-state index is 0.649. The zero-order valence-corrected chi connectivity index (χ0v) is 8.22. The predicted molar refractivity (Wildman–Crippen MR) is 51.7 cm³/mol. The first-order valence-electron chi connectivity index (χ1n) is 4.62. The van der Waals surface area contributed by atoms with Crippen LogP contribution < -0.4 is 5.32 Å². The maximum absolute atomic E-state index is 3.47. The van der Waals surface area contributed by atoms with Crippen molar-refractivity contribution in [3.05, 3.63) is 12.2 Å². The molecule has 0 saturated heterocycles. The fraction of sp³-hybridized carbons (Fsp3) is 0.800. The lowest BCUT2D eigenvalue weighted by Gasteiger charge is -2.20. The van der Waals surface area contributed by atoms with Crippen molar-refractivity contribution in [2.45, 2.75) is 40.2 Å². The van der Waals surface area contributed by atoms with E-state index in [1.807, 2.05) is 0 Å². The quantitative estimate of drug-likeness (QED) is 0.602. The second kappa shape index (κ2) is 6.41. The average molecular weight is 155 g/mol. The van der Waals surface area contributed by atoms with Gasteiger partial charge in [-0.05, 0) is 25.8 Å². The second-order valence-electron chi connectivity index (χ2n) is 2.96. The molecule has 66 valence electrons. The van der Waals surface area contributed by atoms with Gasteiger partial charge in [-0.3, -0.25) is 0 Å². The maximum Gasteiger partial charge on any atom is 0.0124 e. The molecule has 1 heteroatoms. The van der Waals surface area contributed by atoms with Crippen LogP contribution in [0.4, 0.5) is 0 Å². The van der Waals surface area contributed by atoms with E-state index in [2.05, 4.69) is 45.2 Å². The fourth-order valence-electron chi connectivity index (χ4n) is 1.40. The second-order valence-corrected chi connectivity index (χ2v) is 2.96. The Morgan fingerprint density at radius 1 is 1.36 bits per heavy atom. The van der Waals surface area contributed by atoms with E-state index in [0.29, 0.717) is 12.0 Å². The van der Waals surface area contributed by atoms with Crippen LogP contribution in [0.5, 0.6) is 0 Å². The Kier molecular flexibility index (Phi) is 6.24. The van der Waals surface area contributed by atoms with Crippen molar-refractivity contribution < 1.29 is 0 Å². The van der Waals surface area contributed by atoms with E-state index >= 15 is 0 Å². The van der Waals surface area contributed by atoms with Crippen molar-refractivity contribution in [2.75, 3.05) is 6.54 Å². The largest absolute Gasteiger partial charge is 0.314 e. The lowest BCUT2D eigenvalue weighted by molar-refractivity contribution is 0.427. The van der Waals surface area contributed by atoms with Crippen LogP contribution in [0.25, 0.3) is 0 Å². The zero-order valence-electron chi connectivity index (χ0n) is 8.22. The van der Waals surface area contributed by atoms with Gasteiger partial charge in [0.1, 0.15) is 0 Å². The Bertz CT molecular complexity index is 107. The van der Waals surface area contributed by atoms with Crippen LogP contribution in [0.3, 0.4) is 0 Å². The third-order valence-corrected chi connectivity index (χ3v) is 2.04. The van der Waals surface area contributed by atoms with Crippen molar-refractivity contribution in [1.82, 2.24) is 5.32 Å². The third kappa shape index (κ3) is 4.20. The zero-order chi connectivity index (χ0) is 8.69. The molecule has 0 rings (SSSR count). The first-order valence-corrected chi connectivity index (χ1v) is 4.62. The van der Waals surface area contributed by atoms with E-state index in [0.717, 1.165) is 6.54 Å². The van der Waals surface area contributed by atoms with Crippen molar-refractivity contribution in [3.63, 3.8) is 0 Å².